The molecule has 2 fully saturated rings. The number of aromatic nitrogens is 2. The van der Waals surface area contributed by atoms with Crippen LogP contribution in [0.2, 0.25) is 0 Å². The monoisotopic (exact) mass is 320 g/mol. The van der Waals surface area contributed by atoms with E-state index in [1.807, 2.05) is 24.3 Å². The molecule has 3 heterocycles. The highest BCUT2D eigenvalue weighted by Crippen LogP contribution is 2.27. The highest BCUT2D eigenvalue weighted by molar-refractivity contribution is 5.81. The lowest BCUT2D eigenvalue weighted by Gasteiger charge is -2.41. The molecule has 0 saturated carbocycles. The second kappa shape index (κ2) is 7.01. The molecule has 23 heavy (non-hydrogen) atoms. The third kappa shape index (κ3) is 3.28. The maximum absolute atomic E-state index is 12.8. The second-order valence-corrected chi connectivity index (χ2v) is 6.56. The fourth-order valence-corrected chi connectivity index (χ4v) is 3.73. The van der Waals surface area contributed by atoms with E-state index >= 15 is 0 Å². The first-order valence-corrected chi connectivity index (χ1v) is 8.79. The van der Waals surface area contributed by atoms with E-state index in [2.05, 4.69) is 28.3 Å². The van der Waals surface area contributed by atoms with Gasteiger partial charge in [-0.05, 0) is 25.8 Å². The van der Waals surface area contributed by atoms with E-state index in [0.29, 0.717) is 6.54 Å². The van der Waals surface area contributed by atoms with E-state index in [4.69, 9.17) is 4.74 Å². The summed E-state index contributed by atoms with van der Waals surface area (Å²) in [7, 11) is 2.02. The standard InChI is InChI=1S/C17H28N4O2/c1-4-13-6-7-15(23-13)17(22)21-11-10-20(5-2)14(12-21)16-18-8-9-19(16)3/h8-9,13-15H,4-7,10-12H2,1-3H3/t13-,14+,15+/m1/s1. The smallest absolute Gasteiger partial charge is 0.251 e. The van der Waals surface area contributed by atoms with Crippen molar-refractivity contribution in [3.8, 4) is 0 Å². The van der Waals surface area contributed by atoms with Crippen LogP contribution in [0.3, 0.4) is 0 Å². The number of carbonyl (C=O) groups is 1. The molecular weight excluding hydrogens is 292 g/mol. The molecule has 0 radical (unpaired) electrons. The first-order chi connectivity index (χ1) is 11.1. The van der Waals surface area contributed by atoms with Gasteiger partial charge in [-0.2, -0.15) is 0 Å². The summed E-state index contributed by atoms with van der Waals surface area (Å²) in [6.07, 6.45) is 6.67. The average Bonchev–Trinajstić information content (AvgIpc) is 3.22. The lowest BCUT2D eigenvalue weighted by Crippen LogP contribution is -2.53. The number of carbonyl (C=O) groups excluding carboxylic acids is 1. The third-order valence-electron chi connectivity index (χ3n) is 5.20. The fourth-order valence-electron chi connectivity index (χ4n) is 3.73. The lowest BCUT2D eigenvalue weighted by molar-refractivity contribution is -0.146. The van der Waals surface area contributed by atoms with Gasteiger partial charge >= 0.3 is 0 Å². The van der Waals surface area contributed by atoms with Gasteiger partial charge in [-0.1, -0.05) is 13.8 Å². The highest BCUT2D eigenvalue weighted by Gasteiger charge is 2.37. The van der Waals surface area contributed by atoms with Gasteiger partial charge in [0.2, 0.25) is 0 Å². The molecule has 0 spiro atoms. The van der Waals surface area contributed by atoms with Crippen molar-refractivity contribution in [2.45, 2.75) is 51.4 Å². The summed E-state index contributed by atoms with van der Waals surface area (Å²) in [5, 5.41) is 0. The minimum Gasteiger partial charge on any atom is -0.365 e. The van der Waals surface area contributed by atoms with Crippen molar-refractivity contribution in [3.63, 3.8) is 0 Å². The molecule has 0 N–H and O–H groups in total. The number of imidazole rings is 1. The van der Waals surface area contributed by atoms with E-state index in [-0.39, 0.29) is 24.2 Å². The Morgan fingerprint density at radius 1 is 1.35 bits per heavy atom. The predicted octanol–water partition coefficient (Wildman–Crippen LogP) is 1.58. The van der Waals surface area contributed by atoms with Crippen LogP contribution in [0, 0.1) is 0 Å². The Morgan fingerprint density at radius 3 is 2.78 bits per heavy atom. The average molecular weight is 320 g/mol. The van der Waals surface area contributed by atoms with Gasteiger partial charge in [-0.25, -0.2) is 4.98 Å². The number of nitrogens with zero attached hydrogens (tertiary/aromatic N) is 4. The molecule has 1 aromatic rings. The van der Waals surface area contributed by atoms with Crippen molar-refractivity contribution in [2.75, 3.05) is 26.2 Å². The maximum Gasteiger partial charge on any atom is 0.251 e. The number of ether oxygens (including phenoxy) is 1. The van der Waals surface area contributed by atoms with Crippen LogP contribution >= 0.6 is 0 Å². The molecule has 0 bridgehead atoms. The first kappa shape index (κ1) is 16.5. The second-order valence-electron chi connectivity index (χ2n) is 6.56. The number of hydrogen-bond donors (Lipinski definition) is 0. The van der Waals surface area contributed by atoms with Crippen LogP contribution in [0.15, 0.2) is 12.4 Å². The predicted molar refractivity (Wildman–Crippen MR) is 88.0 cm³/mol. The quantitative estimate of drug-likeness (QED) is 0.845. The maximum atomic E-state index is 12.8. The van der Waals surface area contributed by atoms with Crippen LogP contribution in [0.4, 0.5) is 0 Å². The van der Waals surface area contributed by atoms with Crippen LogP contribution in [0.5, 0.6) is 0 Å². The van der Waals surface area contributed by atoms with Crippen LogP contribution in [-0.2, 0) is 16.6 Å². The van der Waals surface area contributed by atoms with Gasteiger partial charge in [0.15, 0.2) is 0 Å². The van der Waals surface area contributed by atoms with Gasteiger partial charge in [0, 0.05) is 39.1 Å². The van der Waals surface area contributed by atoms with Gasteiger partial charge in [0.05, 0.1) is 12.1 Å². The van der Waals surface area contributed by atoms with E-state index in [9.17, 15) is 4.79 Å². The summed E-state index contributed by atoms with van der Waals surface area (Å²) in [5.41, 5.74) is 0. The molecule has 3 atom stereocenters. The molecule has 2 saturated heterocycles. The third-order valence-corrected chi connectivity index (χ3v) is 5.20. The zero-order chi connectivity index (χ0) is 16.4. The summed E-state index contributed by atoms with van der Waals surface area (Å²) < 4.78 is 7.96. The van der Waals surface area contributed by atoms with Crippen molar-refractivity contribution < 1.29 is 9.53 Å². The molecule has 2 aliphatic heterocycles. The van der Waals surface area contributed by atoms with Crippen molar-refractivity contribution >= 4 is 5.91 Å². The number of amides is 1. The molecule has 128 valence electrons. The molecule has 2 aliphatic rings. The Hall–Kier alpha value is -1.40. The lowest BCUT2D eigenvalue weighted by atomic mass is 10.1. The zero-order valence-corrected chi connectivity index (χ0v) is 14.4. The van der Waals surface area contributed by atoms with Crippen LogP contribution in [-0.4, -0.2) is 63.6 Å². The van der Waals surface area contributed by atoms with Crippen molar-refractivity contribution in [1.29, 1.82) is 0 Å². The van der Waals surface area contributed by atoms with E-state index in [1.54, 1.807) is 0 Å². The Morgan fingerprint density at radius 2 is 2.17 bits per heavy atom. The van der Waals surface area contributed by atoms with Gasteiger partial charge in [0.25, 0.3) is 5.91 Å². The Bertz CT molecular complexity index is 544. The van der Waals surface area contributed by atoms with Crippen LogP contribution < -0.4 is 0 Å². The zero-order valence-electron chi connectivity index (χ0n) is 14.4. The minimum atomic E-state index is -0.241. The normalized spacial score (nSPS) is 29.2. The number of aryl methyl sites for hydroxylation is 1. The summed E-state index contributed by atoms with van der Waals surface area (Å²) in [6.45, 7) is 7.63. The minimum absolute atomic E-state index is 0.163. The highest BCUT2D eigenvalue weighted by atomic mass is 16.5. The van der Waals surface area contributed by atoms with E-state index in [0.717, 1.165) is 44.7 Å². The molecule has 0 unspecified atom stereocenters. The number of likely N-dealkylation sites (N-methyl/N-ethyl adjacent to an activating group) is 1. The van der Waals surface area contributed by atoms with E-state index in [1.165, 1.54) is 0 Å². The molecule has 3 rings (SSSR count). The Balaban J connectivity index is 1.70. The van der Waals surface area contributed by atoms with E-state index < -0.39 is 0 Å². The molecule has 0 aromatic carbocycles. The number of rotatable bonds is 4. The van der Waals surface area contributed by atoms with Gasteiger partial charge in [-0.15, -0.1) is 0 Å². The van der Waals surface area contributed by atoms with Crippen molar-refractivity contribution in [2.24, 2.45) is 7.05 Å². The van der Waals surface area contributed by atoms with Gasteiger partial charge < -0.3 is 14.2 Å². The molecule has 0 aliphatic carbocycles. The van der Waals surface area contributed by atoms with Gasteiger partial charge in [0.1, 0.15) is 11.9 Å². The summed E-state index contributed by atoms with van der Waals surface area (Å²) in [6, 6.07) is 0.168. The molecule has 1 amide bonds. The summed E-state index contributed by atoms with van der Waals surface area (Å²) in [4.78, 5) is 21.7. The summed E-state index contributed by atoms with van der Waals surface area (Å²) in [5.74, 6) is 1.19. The molecule has 1 aromatic heterocycles. The van der Waals surface area contributed by atoms with Crippen molar-refractivity contribution in [3.05, 3.63) is 18.2 Å². The first-order valence-electron chi connectivity index (χ1n) is 8.79. The Labute approximate surface area is 138 Å². The summed E-state index contributed by atoms with van der Waals surface area (Å²) >= 11 is 0. The molecular formula is C17H28N4O2. The van der Waals surface area contributed by atoms with Crippen LogP contribution in [0.1, 0.15) is 45.0 Å². The van der Waals surface area contributed by atoms with Gasteiger partial charge in [-0.3, -0.25) is 9.69 Å². The molecule has 6 heteroatoms. The largest absolute Gasteiger partial charge is 0.365 e. The van der Waals surface area contributed by atoms with Crippen molar-refractivity contribution in [1.82, 2.24) is 19.4 Å². The Kier molecular flexibility index (Phi) is 5.02. The SMILES string of the molecule is CC[C@@H]1CC[C@@H](C(=O)N2CCN(CC)[C@H](c3nccn3C)C2)O1. The number of hydrogen-bond acceptors (Lipinski definition) is 4. The number of piperazine rings is 1. The molecule has 6 nitrogen and oxygen atoms in total. The fraction of sp³-hybridized carbons (Fsp3) is 0.765. The van der Waals surface area contributed by atoms with Crippen LogP contribution in [0.25, 0.3) is 0 Å². The topological polar surface area (TPSA) is 50.6 Å².